The Labute approximate surface area is 199 Å². The first-order valence-electron chi connectivity index (χ1n) is 11.1. The number of Topliss-reactive ketones (excluding diaryl/α,β-unsaturated/α-hetero) is 1. The largest absolute Gasteiger partial charge is 0.507 e. The number of benzene rings is 3. The Hall–Kier alpha value is -4.06. The number of carbonyl (C=O) groups excluding carboxylic acids is 2. The molecule has 3 aromatic carbocycles. The molecule has 1 fully saturated rings. The summed E-state index contributed by atoms with van der Waals surface area (Å²) < 4.78 is 10.7. The minimum absolute atomic E-state index is 0.0394. The van der Waals surface area contributed by atoms with Gasteiger partial charge in [0.15, 0.2) is 0 Å². The quantitative estimate of drug-likeness (QED) is 0.307. The standard InChI is InChI=1S/C28H27NO5/c1-5-34-23-14-9-20(10-15-23)26(30)24-25(19-7-12-22(33-4)13-8-19)29(28(32)27(24)31)21-11-6-17(2)18(3)16-21/h6-16,25,30H,5H2,1-4H3/b26-24+. The predicted octanol–water partition coefficient (Wildman–Crippen LogP) is 5.34. The monoisotopic (exact) mass is 457 g/mol. The Bertz CT molecular complexity index is 1260. The molecule has 1 atom stereocenters. The molecule has 6 nitrogen and oxygen atoms in total. The van der Waals surface area contributed by atoms with Gasteiger partial charge in [-0.2, -0.15) is 0 Å². The van der Waals surface area contributed by atoms with Crippen LogP contribution in [0, 0.1) is 13.8 Å². The van der Waals surface area contributed by atoms with Crippen LogP contribution in [0.25, 0.3) is 5.76 Å². The molecule has 0 aliphatic carbocycles. The van der Waals surface area contributed by atoms with E-state index in [0.717, 1.165) is 11.1 Å². The maximum atomic E-state index is 13.3. The normalized spacial score (nSPS) is 17.2. The van der Waals surface area contributed by atoms with Gasteiger partial charge in [-0.1, -0.05) is 18.2 Å². The molecule has 0 spiro atoms. The molecule has 3 aromatic rings. The van der Waals surface area contributed by atoms with Gasteiger partial charge in [0.05, 0.1) is 25.3 Å². The number of ether oxygens (including phenoxy) is 2. The molecule has 4 rings (SSSR count). The minimum atomic E-state index is -0.792. The lowest BCUT2D eigenvalue weighted by atomic mass is 9.95. The minimum Gasteiger partial charge on any atom is -0.507 e. The maximum absolute atomic E-state index is 13.3. The van der Waals surface area contributed by atoms with Gasteiger partial charge in [-0.25, -0.2) is 0 Å². The van der Waals surface area contributed by atoms with Gasteiger partial charge in [0.2, 0.25) is 0 Å². The summed E-state index contributed by atoms with van der Waals surface area (Å²) in [4.78, 5) is 28.0. The zero-order chi connectivity index (χ0) is 24.4. The van der Waals surface area contributed by atoms with Gasteiger partial charge >= 0.3 is 0 Å². The molecule has 174 valence electrons. The molecule has 0 saturated carbocycles. The fourth-order valence-electron chi connectivity index (χ4n) is 4.11. The highest BCUT2D eigenvalue weighted by Gasteiger charge is 2.47. The average molecular weight is 458 g/mol. The lowest BCUT2D eigenvalue weighted by Crippen LogP contribution is -2.29. The molecule has 1 unspecified atom stereocenters. The van der Waals surface area contributed by atoms with E-state index in [4.69, 9.17) is 9.47 Å². The second-order valence-corrected chi connectivity index (χ2v) is 8.17. The first-order chi connectivity index (χ1) is 16.3. The van der Waals surface area contributed by atoms with E-state index >= 15 is 0 Å². The number of anilines is 1. The highest BCUT2D eigenvalue weighted by molar-refractivity contribution is 6.51. The van der Waals surface area contributed by atoms with Gasteiger partial charge in [0, 0.05) is 11.3 Å². The van der Waals surface area contributed by atoms with E-state index in [2.05, 4.69) is 0 Å². The highest BCUT2D eigenvalue weighted by Crippen LogP contribution is 2.43. The van der Waals surface area contributed by atoms with E-state index in [-0.39, 0.29) is 11.3 Å². The van der Waals surface area contributed by atoms with Crippen LogP contribution in [0.15, 0.2) is 72.3 Å². The highest BCUT2D eigenvalue weighted by atomic mass is 16.5. The van der Waals surface area contributed by atoms with Crippen LogP contribution in [-0.4, -0.2) is 30.5 Å². The van der Waals surface area contributed by atoms with Gasteiger partial charge in [-0.3, -0.25) is 14.5 Å². The van der Waals surface area contributed by atoms with Crippen LogP contribution in [0.4, 0.5) is 5.69 Å². The topological polar surface area (TPSA) is 76.1 Å². The number of carbonyl (C=O) groups is 2. The van der Waals surface area contributed by atoms with Crippen LogP contribution in [0.1, 0.15) is 35.2 Å². The van der Waals surface area contributed by atoms with Gasteiger partial charge in [0.1, 0.15) is 17.3 Å². The smallest absolute Gasteiger partial charge is 0.300 e. The lowest BCUT2D eigenvalue weighted by molar-refractivity contribution is -0.132. The molecule has 1 aliphatic heterocycles. The SMILES string of the molecule is CCOc1ccc(/C(O)=C2\C(=O)C(=O)N(c3ccc(C)c(C)c3)C2c2ccc(OC)cc2)cc1. The first-order valence-corrected chi connectivity index (χ1v) is 11.1. The van der Waals surface area contributed by atoms with Crippen molar-refractivity contribution in [1.82, 2.24) is 0 Å². The predicted molar refractivity (Wildman–Crippen MR) is 131 cm³/mol. The van der Waals surface area contributed by atoms with Crippen LogP contribution in [0.2, 0.25) is 0 Å². The first kappa shape index (κ1) is 23.1. The Morgan fingerprint density at radius 2 is 1.56 bits per heavy atom. The van der Waals surface area contributed by atoms with Crippen LogP contribution in [0.5, 0.6) is 11.5 Å². The second kappa shape index (κ2) is 9.43. The summed E-state index contributed by atoms with van der Waals surface area (Å²) in [6.45, 7) is 6.35. The molecule has 1 heterocycles. The Balaban J connectivity index is 1.89. The molecule has 34 heavy (non-hydrogen) atoms. The number of methoxy groups -OCH3 is 1. The fourth-order valence-corrected chi connectivity index (χ4v) is 4.11. The van der Waals surface area contributed by atoms with Gasteiger partial charge in [-0.15, -0.1) is 0 Å². The van der Waals surface area contributed by atoms with Crippen LogP contribution >= 0.6 is 0 Å². The summed E-state index contributed by atoms with van der Waals surface area (Å²) in [5, 5.41) is 11.2. The maximum Gasteiger partial charge on any atom is 0.300 e. The summed E-state index contributed by atoms with van der Waals surface area (Å²) in [6.07, 6.45) is 0. The van der Waals surface area contributed by atoms with Gasteiger partial charge < -0.3 is 14.6 Å². The molecular formula is C28H27NO5. The molecule has 0 aromatic heterocycles. The number of aliphatic hydroxyl groups is 1. The summed E-state index contributed by atoms with van der Waals surface area (Å²) in [7, 11) is 1.57. The van der Waals surface area contributed by atoms with Gasteiger partial charge in [0.25, 0.3) is 11.7 Å². The van der Waals surface area contributed by atoms with Crippen molar-refractivity contribution >= 4 is 23.1 Å². The number of aryl methyl sites for hydroxylation is 2. The number of rotatable bonds is 6. The summed E-state index contributed by atoms with van der Waals surface area (Å²) >= 11 is 0. The van der Waals surface area contributed by atoms with Crippen molar-refractivity contribution < 1.29 is 24.2 Å². The third kappa shape index (κ3) is 4.15. The van der Waals surface area contributed by atoms with Crippen molar-refractivity contribution in [2.24, 2.45) is 0 Å². The van der Waals surface area contributed by atoms with E-state index in [0.29, 0.717) is 34.9 Å². The van der Waals surface area contributed by atoms with Crippen molar-refractivity contribution in [3.8, 4) is 11.5 Å². The fraction of sp³-hybridized carbons (Fsp3) is 0.214. The molecule has 0 radical (unpaired) electrons. The van der Waals surface area contributed by atoms with Gasteiger partial charge in [-0.05, 0) is 86.0 Å². The van der Waals surface area contributed by atoms with E-state index in [1.165, 1.54) is 4.90 Å². The molecule has 6 heteroatoms. The molecule has 0 bridgehead atoms. The summed E-state index contributed by atoms with van der Waals surface area (Å²) in [5.74, 6) is -0.338. The lowest BCUT2D eigenvalue weighted by Gasteiger charge is -2.26. The van der Waals surface area contributed by atoms with Crippen molar-refractivity contribution in [2.75, 3.05) is 18.6 Å². The number of amides is 1. The Morgan fingerprint density at radius 3 is 2.15 bits per heavy atom. The van der Waals surface area contributed by atoms with E-state index in [1.807, 2.05) is 39.0 Å². The molecule has 1 aliphatic rings. The van der Waals surface area contributed by atoms with Crippen molar-refractivity contribution in [2.45, 2.75) is 26.8 Å². The zero-order valence-electron chi connectivity index (χ0n) is 19.7. The third-order valence-electron chi connectivity index (χ3n) is 6.08. The van der Waals surface area contributed by atoms with E-state index in [9.17, 15) is 14.7 Å². The van der Waals surface area contributed by atoms with E-state index < -0.39 is 17.7 Å². The molecular weight excluding hydrogens is 430 g/mol. The average Bonchev–Trinajstić information content (AvgIpc) is 3.11. The molecule has 1 amide bonds. The zero-order valence-corrected chi connectivity index (χ0v) is 19.7. The number of nitrogens with zero attached hydrogens (tertiary/aromatic N) is 1. The van der Waals surface area contributed by atoms with Crippen LogP contribution in [0.3, 0.4) is 0 Å². The van der Waals surface area contributed by atoms with Crippen molar-refractivity contribution in [1.29, 1.82) is 0 Å². The van der Waals surface area contributed by atoms with Crippen molar-refractivity contribution in [3.63, 3.8) is 0 Å². The third-order valence-corrected chi connectivity index (χ3v) is 6.08. The van der Waals surface area contributed by atoms with Crippen molar-refractivity contribution in [3.05, 3.63) is 94.6 Å². The second-order valence-electron chi connectivity index (χ2n) is 8.17. The Kier molecular flexibility index (Phi) is 6.41. The van der Waals surface area contributed by atoms with Crippen LogP contribution in [-0.2, 0) is 9.59 Å². The van der Waals surface area contributed by atoms with E-state index in [1.54, 1.807) is 55.6 Å². The van der Waals surface area contributed by atoms with Crippen LogP contribution < -0.4 is 14.4 Å². The number of hydrogen-bond donors (Lipinski definition) is 1. The molecule has 1 N–H and O–H groups in total. The number of ketones is 1. The number of hydrogen-bond acceptors (Lipinski definition) is 5. The summed E-state index contributed by atoms with van der Waals surface area (Å²) in [5.41, 5.74) is 3.83. The number of aliphatic hydroxyl groups excluding tert-OH is 1. The summed E-state index contributed by atoms with van der Waals surface area (Å²) in [6, 6.07) is 18.8. The Morgan fingerprint density at radius 1 is 0.912 bits per heavy atom. The molecule has 1 saturated heterocycles.